The van der Waals surface area contributed by atoms with Gasteiger partial charge >= 0.3 is 0 Å². The maximum absolute atomic E-state index is 5.99. The van der Waals surface area contributed by atoms with Gasteiger partial charge in [0.05, 0.1) is 6.04 Å². The largest absolute Gasteiger partial charge is 0.249 e. The van der Waals surface area contributed by atoms with E-state index in [1.165, 1.54) is 37.7 Å². The van der Waals surface area contributed by atoms with Gasteiger partial charge in [0, 0.05) is 10.9 Å². The average Bonchev–Trinajstić information content (AvgIpc) is 2.85. The van der Waals surface area contributed by atoms with Crippen LogP contribution in [0.1, 0.15) is 49.6 Å². The third-order valence-electron chi connectivity index (χ3n) is 4.05. The second-order valence-electron chi connectivity index (χ2n) is 5.24. The smallest absolute Gasteiger partial charge is 0.137 e. The van der Waals surface area contributed by atoms with Crippen LogP contribution >= 0.6 is 11.6 Å². The second-order valence-corrected chi connectivity index (χ2v) is 5.68. The van der Waals surface area contributed by atoms with Gasteiger partial charge in [-0.25, -0.2) is 9.67 Å². The monoisotopic (exact) mass is 275 g/mol. The zero-order valence-electron chi connectivity index (χ0n) is 10.9. The molecule has 0 unspecified atom stereocenters. The fourth-order valence-electron chi connectivity index (χ4n) is 3.09. The van der Waals surface area contributed by atoms with Crippen molar-refractivity contribution in [2.45, 2.75) is 44.1 Å². The molecule has 0 amide bonds. The first kappa shape index (κ1) is 12.7. The molecule has 1 aromatic carbocycles. The Bertz CT molecular complexity index is 507. The summed E-state index contributed by atoms with van der Waals surface area (Å²) in [5, 5.41) is 5.15. The molecule has 3 rings (SSSR count). The number of halogens is 1. The Balaban J connectivity index is 1.92. The van der Waals surface area contributed by atoms with E-state index in [9.17, 15) is 0 Å². The first-order chi connectivity index (χ1) is 9.34. The molecule has 0 spiro atoms. The van der Waals surface area contributed by atoms with E-state index in [4.69, 9.17) is 11.6 Å². The van der Waals surface area contributed by atoms with Crippen LogP contribution < -0.4 is 0 Å². The standard InChI is InChI=1S/C15H18ClN3/c16-13-8-6-12(7-9-13)14-4-2-1-3-5-15(14)19-11-17-10-18-19/h6-11,14-15H,1-5H2/t14-,15-/m1/s1. The van der Waals surface area contributed by atoms with Crippen molar-refractivity contribution in [2.75, 3.05) is 0 Å². The van der Waals surface area contributed by atoms with Gasteiger partial charge in [0.25, 0.3) is 0 Å². The highest BCUT2D eigenvalue weighted by molar-refractivity contribution is 6.30. The fourth-order valence-corrected chi connectivity index (χ4v) is 3.22. The van der Waals surface area contributed by atoms with Crippen molar-refractivity contribution in [2.24, 2.45) is 0 Å². The van der Waals surface area contributed by atoms with Gasteiger partial charge in [-0.3, -0.25) is 0 Å². The van der Waals surface area contributed by atoms with Gasteiger partial charge in [-0.15, -0.1) is 0 Å². The molecule has 1 aliphatic rings. The van der Waals surface area contributed by atoms with Crippen LogP contribution in [-0.4, -0.2) is 14.8 Å². The highest BCUT2D eigenvalue weighted by Crippen LogP contribution is 2.39. The molecule has 2 aromatic rings. The molecule has 0 saturated heterocycles. The average molecular weight is 276 g/mol. The van der Waals surface area contributed by atoms with Crippen molar-refractivity contribution >= 4 is 11.6 Å². The Kier molecular flexibility index (Phi) is 3.83. The Morgan fingerprint density at radius 2 is 1.84 bits per heavy atom. The lowest BCUT2D eigenvalue weighted by atomic mass is 9.88. The predicted molar refractivity (Wildman–Crippen MR) is 76.3 cm³/mol. The van der Waals surface area contributed by atoms with Gasteiger partial charge in [0.2, 0.25) is 0 Å². The molecule has 0 bridgehead atoms. The van der Waals surface area contributed by atoms with Crippen molar-refractivity contribution in [3.63, 3.8) is 0 Å². The van der Waals surface area contributed by atoms with E-state index >= 15 is 0 Å². The minimum atomic E-state index is 0.422. The van der Waals surface area contributed by atoms with Gasteiger partial charge in [-0.05, 0) is 30.5 Å². The van der Waals surface area contributed by atoms with Crippen LogP contribution in [-0.2, 0) is 0 Å². The van der Waals surface area contributed by atoms with Crippen LogP contribution in [0.15, 0.2) is 36.9 Å². The van der Waals surface area contributed by atoms with Gasteiger partial charge in [-0.1, -0.05) is 43.0 Å². The normalized spacial score (nSPS) is 24.1. The van der Waals surface area contributed by atoms with Gasteiger partial charge in [0.15, 0.2) is 0 Å². The Morgan fingerprint density at radius 3 is 2.58 bits per heavy atom. The van der Waals surface area contributed by atoms with Crippen LogP contribution in [0.5, 0.6) is 0 Å². The lowest BCUT2D eigenvalue weighted by Crippen LogP contribution is -2.17. The number of hydrogen-bond donors (Lipinski definition) is 0. The first-order valence-corrected chi connectivity index (χ1v) is 7.32. The second kappa shape index (κ2) is 5.74. The molecule has 1 aromatic heterocycles. The summed E-state index contributed by atoms with van der Waals surface area (Å²) < 4.78 is 2.03. The quantitative estimate of drug-likeness (QED) is 0.768. The van der Waals surface area contributed by atoms with Crippen molar-refractivity contribution < 1.29 is 0 Å². The van der Waals surface area contributed by atoms with Crippen molar-refractivity contribution in [3.05, 3.63) is 47.5 Å². The summed E-state index contributed by atoms with van der Waals surface area (Å²) in [7, 11) is 0. The highest BCUT2D eigenvalue weighted by atomic mass is 35.5. The molecule has 1 aliphatic carbocycles. The molecule has 4 heteroatoms. The van der Waals surface area contributed by atoms with Crippen LogP contribution in [0.25, 0.3) is 0 Å². The van der Waals surface area contributed by atoms with E-state index in [-0.39, 0.29) is 0 Å². The van der Waals surface area contributed by atoms with Crippen LogP contribution in [0.2, 0.25) is 5.02 Å². The summed E-state index contributed by atoms with van der Waals surface area (Å²) in [6, 6.07) is 8.70. The van der Waals surface area contributed by atoms with E-state index in [0.717, 1.165) is 5.02 Å². The van der Waals surface area contributed by atoms with Crippen molar-refractivity contribution in [1.82, 2.24) is 14.8 Å². The topological polar surface area (TPSA) is 30.7 Å². The number of rotatable bonds is 2. The molecule has 100 valence electrons. The van der Waals surface area contributed by atoms with Crippen LogP contribution in [0.4, 0.5) is 0 Å². The van der Waals surface area contributed by atoms with E-state index in [1.54, 1.807) is 6.33 Å². The van der Waals surface area contributed by atoms with Gasteiger partial charge in [-0.2, -0.15) is 5.10 Å². The summed E-state index contributed by atoms with van der Waals surface area (Å²) in [5.41, 5.74) is 1.37. The SMILES string of the molecule is Clc1ccc([C@H]2CCCCC[C@H]2n2cncn2)cc1. The van der Waals surface area contributed by atoms with Crippen molar-refractivity contribution in [1.29, 1.82) is 0 Å². The molecule has 2 atom stereocenters. The Morgan fingerprint density at radius 1 is 1.05 bits per heavy atom. The van der Waals surface area contributed by atoms with E-state index in [1.807, 2.05) is 23.1 Å². The van der Waals surface area contributed by atoms with Gasteiger partial charge < -0.3 is 0 Å². The van der Waals surface area contributed by atoms with E-state index in [0.29, 0.717) is 12.0 Å². The number of aromatic nitrogens is 3. The number of benzene rings is 1. The molecular weight excluding hydrogens is 258 g/mol. The molecular formula is C15H18ClN3. The lowest BCUT2D eigenvalue weighted by Gasteiger charge is -2.25. The molecule has 1 saturated carbocycles. The van der Waals surface area contributed by atoms with Crippen LogP contribution in [0, 0.1) is 0 Å². The third-order valence-corrected chi connectivity index (χ3v) is 4.31. The minimum absolute atomic E-state index is 0.422. The zero-order valence-corrected chi connectivity index (χ0v) is 11.6. The van der Waals surface area contributed by atoms with Gasteiger partial charge in [0.1, 0.15) is 12.7 Å². The lowest BCUT2D eigenvalue weighted by molar-refractivity contribution is 0.357. The highest BCUT2D eigenvalue weighted by Gasteiger charge is 2.27. The molecule has 0 N–H and O–H groups in total. The summed E-state index contributed by atoms with van der Waals surface area (Å²) in [4.78, 5) is 4.10. The summed E-state index contributed by atoms with van der Waals surface area (Å²) >= 11 is 5.99. The minimum Gasteiger partial charge on any atom is -0.249 e. The number of hydrogen-bond acceptors (Lipinski definition) is 2. The maximum Gasteiger partial charge on any atom is 0.137 e. The van der Waals surface area contributed by atoms with E-state index < -0.39 is 0 Å². The zero-order chi connectivity index (χ0) is 13.1. The molecule has 3 nitrogen and oxygen atoms in total. The molecule has 1 heterocycles. The molecule has 1 fully saturated rings. The Labute approximate surface area is 118 Å². The van der Waals surface area contributed by atoms with Crippen LogP contribution in [0.3, 0.4) is 0 Å². The Hall–Kier alpha value is -1.35. The molecule has 0 radical (unpaired) electrons. The summed E-state index contributed by atoms with van der Waals surface area (Å²) in [6.45, 7) is 0. The predicted octanol–water partition coefficient (Wildman–Crippen LogP) is 4.22. The first-order valence-electron chi connectivity index (χ1n) is 6.94. The van der Waals surface area contributed by atoms with E-state index in [2.05, 4.69) is 22.2 Å². The molecule has 0 aliphatic heterocycles. The summed E-state index contributed by atoms with van der Waals surface area (Å²) in [6.07, 6.45) is 9.74. The number of nitrogens with zero attached hydrogens (tertiary/aromatic N) is 3. The van der Waals surface area contributed by atoms with Crippen molar-refractivity contribution in [3.8, 4) is 0 Å². The molecule has 19 heavy (non-hydrogen) atoms. The maximum atomic E-state index is 5.99. The fraction of sp³-hybridized carbons (Fsp3) is 0.467. The summed E-state index contributed by atoms with van der Waals surface area (Å²) in [5.74, 6) is 0.515. The third kappa shape index (κ3) is 2.81.